The minimum absolute atomic E-state index is 0.218. The molecular weight excluding hydrogens is 254 g/mol. The van der Waals surface area contributed by atoms with Crippen LogP contribution in [-0.2, 0) is 4.74 Å². The Bertz CT molecular complexity index is 521. The third-order valence-corrected chi connectivity index (χ3v) is 3.86. The monoisotopic (exact) mass is 275 g/mol. The van der Waals surface area contributed by atoms with Crippen molar-refractivity contribution < 1.29 is 14.3 Å². The first-order valence-electron chi connectivity index (χ1n) is 7.14. The van der Waals surface area contributed by atoms with Gasteiger partial charge in [0.1, 0.15) is 11.4 Å². The highest BCUT2D eigenvalue weighted by Gasteiger charge is 2.41. The molecule has 2 aliphatic heterocycles. The summed E-state index contributed by atoms with van der Waals surface area (Å²) >= 11 is 0. The molecule has 0 unspecified atom stereocenters. The fourth-order valence-corrected chi connectivity index (χ4v) is 2.98. The molecule has 1 saturated heterocycles. The highest BCUT2D eigenvalue weighted by atomic mass is 16.6. The van der Waals surface area contributed by atoms with E-state index >= 15 is 0 Å². The van der Waals surface area contributed by atoms with Crippen LogP contribution in [0, 0.1) is 5.92 Å². The summed E-state index contributed by atoms with van der Waals surface area (Å²) in [5, 5.41) is 0. The minimum Gasteiger partial charge on any atom is -0.493 e. The number of rotatable bonds is 0. The molecule has 1 aromatic rings. The van der Waals surface area contributed by atoms with Crippen molar-refractivity contribution >= 4 is 6.09 Å². The Morgan fingerprint density at radius 1 is 1.30 bits per heavy atom. The van der Waals surface area contributed by atoms with Gasteiger partial charge in [-0.1, -0.05) is 18.2 Å². The highest BCUT2D eigenvalue weighted by Crippen LogP contribution is 2.41. The molecule has 3 rings (SSSR count). The van der Waals surface area contributed by atoms with Crippen molar-refractivity contribution in [1.82, 2.24) is 4.90 Å². The predicted molar refractivity (Wildman–Crippen MR) is 76.0 cm³/mol. The molecule has 0 bridgehead atoms. The van der Waals surface area contributed by atoms with E-state index in [1.807, 2.05) is 43.9 Å². The summed E-state index contributed by atoms with van der Waals surface area (Å²) in [5.41, 5.74) is 0.772. The zero-order chi connectivity index (χ0) is 14.3. The summed E-state index contributed by atoms with van der Waals surface area (Å²) in [5.74, 6) is 1.70. The number of carbonyl (C=O) groups excluding carboxylic acids is 1. The van der Waals surface area contributed by atoms with Crippen molar-refractivity contribution in [2.45, 2.75) is 32.3 Å². The molecule has 0 spiro atoms. The fourth-order valence-electron chi connectivity index (χ4n) is 2.98. The molecule has 2 aliphatic rings. The maximum absolute atomic E-state index is 12.2. The molecule has 108 valence electrons. The summed E-state index contributed by atoms with van der Waals surface area (Å²) in [6.07, 6.45) is -0.218. The van der Waals surface area contributed by atoms with Gasteiger partial charge in [0.15, 0.2) is 0 Å². The quantitative estimate of drug-likeness (QED) is 0.730. The first-order chi connectivity index (χ1) is 9.44. The highest BCUT2D eigenvalue weighted by molar-refractivity contribution is 5.69. The van der Waals surface area contributed by atoms with E-state index in [-0.39, 0.29) is 6.09 Å². The van der Waals surface area contributed by atoms with Crippen molar-refractivity contribution in [2.24, 2.45) is 5.92 Å². The summed E-state index contributed by atoms with van der Waals surface area (Å²) in [6, 6.07) is 8.12. The number of para-hydroxylation sites is 1. The van der Waals surface area contributed by atoms with E-state index in [9.17, 15) is 4.79 Å². The van der Waals surface area contributed by atoms with Gasteiger partial charge in [-0.25, -0.2) is 4.79 Å². The Labute approximate surface area is 119 Å². The van der Waals surface area contributed by atoms with E-state index in [2.05, 4.69) is 6.07 Å². The van der Waals surface area contributed by atoms with Crippen LogP contribution in [0.4, 0.5) is 4.79 Å². The van der Waals surface area contributed by atoms with Crippen molar-refractivity contribution in [3.05, 3.63) is 29.8 Å². The second-order valence-electron chi connectivity index (χ2n) is 6.60. The molecule has 4 nitrogen and oxygen atoms in total. The largest absolute Gasteiger partial charge is 0.493 e. The van der Waals surface area contributed by atoms with Gasteiger partial charge in [-0.3, -0.25) is 0 Å². The molecular formula is C16H21NO3. The number of ether oxygens (including phenoxy) is 2. The molecule has 2 atom stereocenters. The van der Waals surface area contributed by atoms with Gasteiger partial charge in [0.05, 0.1) is 6.61 Å². The fraction of sp³-hybridized carbons (Fsp3) is 0.562. The molecule has 4 heteroatoms. The van der Waals surface area contributed by atoms with Crippen molar-refractivity contribution in [1.29, 1.82) is 0 Å². The van der Waals surface area contributed by atoms with Crippen LogP contribution in [0.3, 0.4) is 0 Å². The molecule has 2 heterocycles. The van der Waals surface area contributed by atoms with Crippen molar-refractivity contribution in [2.75, 3.05) is 19.7 Å². The minimum atomic E-state index is -0.445. The Balaban J connectivity index is 1.75. The van der Waals surface area contributed by atoms with Gasteiger partial charge < -0.3 is 14.4 Å². The lowest BCUT2D eigenvalue weighted by atomic mass is 9.87. The number of nitrogens with zero attached hydrogens (tertiary/aromatic N) is 1. The third kappa shape index (κ3) is 2.47. The maximum atomic E-state index is 12.2. The molecule has 0 radical (unpaired) electrons. The molecule has 1 amide bonds. The van der Waals surface area contributed by atoms with Gasteiger partial charge in [-0.05, 0) is 32.4 Å². The second kappa shape index (κ2) is 4.69. The van der Waals surface area contributed by atoms with Crippen LogP contribution >= 0.6 is 0 Å². The molecule has 0 aliphatic carbocycles. The third-order valence-electron chi connectivity index (χ3n) is 3.86. The van der Waals surface area contributed by atoms with Crippen LogP contribution in [0.5, 0.6) is 5.75 Å². The summed E-state index contributed by atoms with van der Waals surface area (Å²) in [4.78, 5) is 14.0. The van der Waals surface area contributed by atoms with Gasteiger partial charge in [0, 0.05) is 24.9 Å². The summed E-state index contributed by atoms with van der Waals surface area (Å²) < 4.78 is 11.2. The maximum Gasteiger partial charge on any atom is 0.410 e. The number of fused-ring (bicyclic) bond motifs is 3. The van der Waals surface area contributed by atoms with Crippen molar-refractivity contribution in [3.8, 4) is 5.75 Å². The first kappa shape index (κ1) is 13.3. The Morgan fingerprint density at radius 2 is 2.05 bits per heavy atom. The van der Waals surface area contributed by atoms with Crippen LogP contribution in [0.2, 0.25) is 0 Å². The van der Waals surface area contributed by atoms with Gasteiger partial charge >= 0.3 is 6.09 Å². The average Bonchev–Trinajstić information content (AvgIpc) is 2.81. The number of hydrogen-bond donors (Lipinski definition) is 0. The lowest BCUT2D eigenvalue weighted by molar-refractivity contribution is 0.0285. The topological polar surface area (TPSA) is 38.8 Å². The number of likely N-dealkylation sites (tertiary alicyclic amines) is 1. The van der Waals surface area contributed by atoms with Crippen LogP contribution < -0.4 is 4.74 Å². The average molecular weight is 275 g/mol. The van der Waals surface area contributed by atoms with Crippen LogP contribution in [0.1, 0.15) is 32.3 Å². The Morgan fingerprint density at radius 3 is 2.80 bits per heavy atom. The van der Waals surface area contributed by atoms with Gasteiger partial charge in [-0.15, -0.1) is 0 Å². The molecule has 0 N–H and O–H groups in total. The summed E-state index contributed by atoms with van der Waals surface area (Å²) in [7, 11) is 0. The predicted octanol–water partition coefficient (Wildman–Crippen LogP) is 3.03. The number of hydrogen-bond acceptors (Lipinski definition) is 3. The number of amides is 1. The molecule has 20 heavy (non-hydrogen) atoms. The molecule has 1 aromatic carbocycles. The zero-order valence-electron chi connectivity index (χ0n) is 12.3. The smallest absolute Gasteiger partial charge is 0.410 e. The van der Waals surface area contributed by atoms with Crippen LogP contribution in [-0.4, -0.2) is 36.3 Å². The van der Waals surface area contributed by atoms with E-state index in [1.165, 1.54) is 5.56 Å². The second-order valence-corrected chi connectivity index (χ2v) is 6.60. The van der Waals surface area contributed by atoms with E-state index in [0.717, 1.165) is 12.3 Å². The SMILES string of the molecule is CC(C)(C)OC(=O)N1C[C@H]2COc3ccccc3[C@H]2C1. The van der Waals surface area contributed by atoms with Gasteiger partial charge in [-0.2, -0.15) is 0 Å². The van der Waals surface area contributed by atoms with Crippen LogP contribution in [0.25, 0.3) is 0 Å². The zero-order valence-corrected chi connectivity index (χ0v) is 12.3. The van der Waals surface area contributed by atoms with Crippen molar-refractivity contribution in [3.63, 3.8) is 0 Å². The normalized spacial score (nSPS) is 24.6. The lowest BCUT2D eigenvalue weighted by Crippen LogP contribution is -2.35. The molecule has 0 saturated carbocycles. The van der Waals surface area contributed by atoms with Gasteiger partial charge in [0.2, 0.25) is 0 Å². The molecule has 1 fully saturated rings. The van der Waals surface area contributed by atoms with E-state index in [0.29, 0.717) is 25.0 Å². The Hall–Kier alpha value is -1.71. The lowest BCUT2D eigenvalue weighted by Gasteiger charge is -2.27. The van der Waals surface area contributed by atoms with Crippen LogP contribution in [0.15, 0.2) is 24.3 Å². The summed E-state index contributed by atoms with van der Waals surface area (Å²) in [6.45, 7) is 7.81. The Kier molecular flexibility index (Phi) is 3.11. The first-order valence-corrected chi connectivity index (χ1v) is 7.14. The van der Waals surface area contributed by atoms with E-state index in [1.54, 1.807) is 0 Å². The van der Waals surface area contributed by atoms with Gasteiger partial charge in [0.25, 0.3) is 0 Å². The van der Waals surface area contributed by atoms with E-state index < -0.39 is 5.60 Å². The number of benzene rings is 1. The standard InChI is InChI=1S/C16H21NO3/c1-16(2,3)20-15(18)17-8-11-10-19-14-7-5-4-6-12(14)13(11)9-17/h4-7,11,13H,8-10H2,1-3H3/t11-,13-/m0/s1. The van der Waals surface area contributed by atoms with E-state index in [4.69, 9.17) is 9.47 Å². The molecule has 0 aromatic heterocycles. The number of carbonyl (C=O) groups is 1.